The van der Waals surface area contributed by atoms with Crippen molar-refractivity contribution in [2.75, 3.05) is 0 Å². The molecule has 0 saturated heterocycles. The molecule has 2 unspecified atom stereocenters. The first kappa shape index (κ1) is 28.2. The predicted octanol–water partition coefficient (Wildman–Crippen LogP) is 11.9. The molecule has 2 atom stereocenters. The number of rotatable bonds is 5. The second kappa shape index (κ2) is 8.13. The van der Waals surface area contributed by atoms with E-state index in [0.717, 1.165) is 4.18 Å². The van der Waals surface area contributed by atoms with E-state index in [9.17, 15) is 0 Å². The van der Waals surface area contributed by atoms with Gasteiger partial charge in [-0.1, -0.05) is 0 Å². The van der Waals surface area contributed by atoms with E-state index in [1.165, 1.54) is 66.8 Å². The van der Waals surface area contributed by atoms with Crippen molar-refractivity contribution in [1.29, 1.82) is 0 Å². The topological polar surface area (TPSA) is 0 Å². The molecule has 0 bridgehead atoms. The molecule has 0 aliphatic heterocycles. The van der Waals surface area contributed by atoms with Crippen LogP contribution in [0.4, 0.5) is 0 Å². The molecule has 1 heteroatoms. The zero-order valence-corrected chi connectivity index (χ0v) is 29.9. The van der Waals surface area contributed by atoms with Gasteiger partial charge >= 0.3 is 243 Å². The van der Waals surface area contributed by atoms with Crippen LogP contribution in [0, 0.1) is 27.7 Å². The Hall–Kier alpha value is -2.90. The Kier molecular flexibility index (Phi) is 5.60. The first-order valence-electron chi connectivity index (χ1n) is 15.4. The van der Waals surface area contributed by atoms with Gasteiger partial charge in [-0.15, -0.1) is 0 Å². The molecule has 0 fully saturated rings. The average molecular weight is 705 g/mol. The molecule has 0 saturated carbocycles. The van der Waals surface area contributed by atoms with Gasteiger partial charge in [-0.25, -0.2) is 0 Å². The van der Waals surface area contributed by atoms with E-state index in [0.29, 0.717) is 7.35 Å². The van der Waals surface area contributed by atoms with Crippen LogP contribution >= 0.6 is 0 Å². The average Bonchev–Trinajstić information content (AvgIpc) is 3.58. The minimum atomic E-state index is -5.10. The van der Waals surface area contributed by atoms with Crippen LogP contribution in [0.1, 0.15) is 58.8 Å². The number of hydrogen-bond donors (Lipinski definition) is 0. The summed E-state index contributed by atoms with van der Waals surface area (Å²) in [6, 6.07) is 27.6. The SMILES string of the molecule is [CH2]=[Hf]([CH3])([CH3])([CH3])([CH2]C)([CH]1C=Cc2c(-c3cc(C)ccc3C)cccc21)[CH]1C=Cc2c(-c3cc(C)ccc3C)cccc21. The zero-order valence-electron chi connectivity index (χ0n) is 26.3. The summed E-state index contributed by atoms with van der Waals surface area (Å²) < 4.78 is 15.3. The van der Waals surface area contributed by atoms with Gasteiger partial charge in [0.15, 0.2) is 0 Å². The third kappa shape index (κ3) is 3.98. The first-order chi connectivity index (χ1) is 19.1. The van der Waals surface area contributed by atoms with Crippen LogP contribution in [0.2, 0.25) is 18.2 Å². The van der Waals surface area contributed by atoms with Crippen molar-refractivity contribution in [2.24, 2.45) is 0 Å². The number of hydrogen-bond acceptors (Lipinski definition) is 0. The molecule has 2 aliphatic carbocycles. The van der Waals surface area contributed by atoms with Crippen molar-refractivity contribution in [3.05, 3.63) is 129 Å². The van der Waals surface area contributed by atoms with E-state index in [-0.39, 0.29) is 0 Å². The van der Waals surface area contributed by atoms with Crippen LogP contribution in [0.3, 0.4) is 0 Å². The van der Waals surface area contributed by atoms with Gasteiger partial charge in [0.1, 0.15) is 0 Å². The van der Waals surface area contributed by atoms with E-state index < -0.39 is 15.1 Å². The number of allylic oxidation sites excluding steroid dienone is 2. The minimum absolute atomic E-state index is 0.300. The Morgan fingerprint density at radius 3 is 1.39 bits per heavy atom. The maximum absolute atomic E-state index is 5.61. The molecule has 0 heterocycles. The summed E-state index contributed by atoms with van der Waals surface area (Å²) in [5, 5.41) is 0. The van der Waals surface area contributed by atoms with E-state index >= 15 is 0 Å². The fraction of sp³-hybridized carbons (Fsp3) is 0.275. The molecule has 0 N–H and O–H groups in total. The van der Waals surface area contributed by atoms with E-state index in [1.807, 2.05) is 0 Å². The third-order valence-electron chi connectivity index (χ3n) is 12.1. The quantitative estimate of drug-likeness (QED) is 0.181. The molecule has 0 nitrogen and oxygen atoms in total. The van der Waals surface area contributed by atoms with E-state index in [4.69, 9.17) is 4.26 Å². The third-order valence-corrected chi connectivity index (χ3v) is 50.3. The fourth-order valence-corrected chi connectivity index (χ4v) is 33.4. The number of benzene rings is 4. The maximum atomic E-state index is 5.61. The fourth-order valence-electron chi connectivity index (χ4n) is 8.34. The van der Waals surface area contributed by atoms with Crippen molar-refractivity contribution in [3.8, 4) is 22.3 Å². The molecule has 0 aromatic heterocycles. The Morgan fingerprint density at radius 1 is 0.585 bits per heavy atom. The molecule has 4 aromatic rings. The first-order valence-corrected chi connectivity index (χ1v) is 35.5. The second-order valence-corrected chi connectivity index (χ2v) is 71.2. The molecular weight excluding hydrogens is 659 g/mol. The van der Waals surface area contributed by atoms with Crippen molar-refractivity contribution in [1.82, 2.24) is 0 Å². The summed E-state index contributed by atoms with van der Waals surface area (Å²) in [5.41, 5.74) is 16.3. The van der Waals surface area contributed by atoms with Gasteiger partial charge in [-0.05, 0) is 0 Å². The Morgan fingerprint density at radius 2 is 1.00 bits per heavy atom. The summed E-state index contributed by atoms with van der Waals surface area (Å²) in [5.74, 6) is 0. The number of aryl methyl sites for hydroxylation is 4. The Labute approximate surface area is 242 Å². The molecule has 0 spiro atoms. The molecule has 41 heavy (non-hydrogen) atoms. The van der Waals surface area contributed by atoms with Crippen LogP contribution in [-0.4, -0.2) is 4.26 Å². The normalized spacial score (nSPS) is 20.1. The van der Waals surface area contributed by atoms with Gasteiger partial charge in [-0.2, -0.15) is 0 Å². The van der Waals surface area contributed by atoms with Gasteiger partial charge in [-0.3, -0.25) is 0 Å². The molecule has 4 aromatic carbocycles. The van der Waals surface area contributed by atoms with E-state index in [1.54, 1.807) is 0 Å². The van der Waals surface area contributed by atoms with Crippen molar-refractivity contribution < 1.29 is 15.1 Å². The van der Waals surface area contributed by atoms with Crippen LogP contribution in [0.25, 0.3) is 34.4 Å². The monoisotopic (exact) mass is 706 g/mol. The van der Waals surface area contributed by atoms with Crippen molar-refractivity contribution >= 4 is 16.4 Å². The van der Waals surface area contributed by atoms with Crippen LogP contribution in [0.15, 0.2) is 84.9 Å². The van der Waals surface area contributed by atoms with Crippen LogP contribution < -0.4 is 0 Å². The van der Waals surface area contributed by atoms with Gasteiger partial charge in [0.25, 0.3) is 0 Å². The summed E-state index contributed by atoms with van der Waals surface area (Å²) in [6.45, 7) is 11.3. The molecule has 2 aliphatic rings. The molecular formula is C40H46Hf. The summed E-state index contributed by atoms with van der Waals surface area (Å²) in [4.78, 5) is 0. The van der Waals surface area contributed by atoms with Crippen LogP contribution in [-0.2, 0) is 15.1 Å². The van der Waals surface area contributed by atoms with E-state index in [2.05, 4.69) is 146 Å². The molecule has 0 amide bonds. The summed E-state index contributed by atoms with van der Waals surface area (Å²) in [6.07, 6.45) is 9.94. The second-order valence-electron chi connectivity index (χ2n) is 16.9. The van der Waals surface area contributed by atoms with Gasteiger partial charge in [0.05, 0.1) is 0 Å². The Bertz CT molecular complexity index is 1820. The number of fused-ring (bicyclic) bond motifs is 2. The molecule has 210 valence electrons. The van der Waals surface area contributed by atoms with Crippen molar-refractivity contribution in [2.45, 2.75) is 60.2 Å². The van der Waals surface area contributed by atoms with Crippen molar-refractivity contribution in [3.63, 3.8) is 0 Å². The molecule has 0 radical (unpaired) electrons. The van der Waals surface area contributed by atoms with Gasteiger partial charge < -0.3 is 0 Å². The van der Waals surface area contributed by atoms with Crippen LogP contribution in [0.5, 0.6) is 0 Å². The van der Waals surface area contributed by atoms with Gasteiger partial charge in [0.2, 0.25) is 0 Å². The van der Waals surface area contributed by atoms with Gasteiger partial charge in [0, 0.05) is 0 Å². The predicted molar refractivity (Wildman–Crippen MR) is 181 cm³/mol. The summed E-state index contributed by atoms with van der Waals surface area (Å²) >= 11 is -5.10. The summed E-state index contributed by atoms with van der Waals surface area (Å²) in [7, 11) is 0. The Balaban J connectivity index is 1.57. The molecule has 6 rings (SSSR count). The zero-order chi connectivity index (χ0) is 29.5. The standard InChI is InChI=1S/2C17H15.C2H5.3CH3.CH2.Hf/c2*1-12-9-10-13(2)17(11-12)16-8-4-6-14-5-3-7-15(14)16;1-2;;;;;/h2*3-11H,1-2H3;1H2,2H3;3*1H3;1H2;.